The van der Waals surface area contributed by atoms with Gasteiger partial charge < -0.3 is 8.98 Å². The van der Waals surface area contributed by atoms with Crippen molar-refractivity contribution in [2.45, 2.75) is 0 Å². The molecule has 11 aromatic rings. The minimum Gasteiger partial charge on any atom is -0.456 e. The first-order chi connectivity index (χ1) is 25.3. The van der Waals surface area contributed by atoms with E-state index in [1.807, 2.05) is 35.6 Å². The van der Waals surface area contributed by atoms with Gasteiger partial charge in [0.2, 0.25) is 0 Å². The van der Waals surface area contributed by atoms with Crippen molar-refractivity contribution in [3.8, 4) is 39.6 Å². The lowest BCUT2D eigenvalue weighted by molar-refractivity contribution is 0.669. The Morgan fingerprint density at radius 2 is 1.12 bits per heavy atom. The highest BCUT2D eigenvalue weighted by molar-refractivity contribution is 7.27. The van der Waals surface area contributed by atoms with Crippen LogP contribution in [0.5, 0.6) is 0 Å². The van der Waals surface area contributed by atoms with Crippen molar-refractivity contribution in [3.63, 3.8) is 0 Å². The molecule has 0 radical (unpaired) electrons. The van der Waals surface area contributed by atoms with Crippen LogP contribution in [0.2, 0.25) is 0 Å². The molecule has 0 unspecified atom stereocenters. The summed E-state index contributed by atoms with van der Waals surface area (Å²) in [5.74, 6) is 0.665. The number of hydrogen-bond acceptors (Lipinski definition) is 4. The maximum absolute atomic E-state index is 6.28. The molecule has 0 atom stereocenters. The van der Waals surface area contributed by atoms with Crippen LogP contribution in [0, 0.1) is 0 Å². The summed E-state index contributed by atoms with van der Waals surface area (Å²) in [5, 5.41) is 7.18. The van der Waals surface area contributed by atoms with E-state index in [-0.39, 0.29) is 0 Å². The molecule has 4 heterocycles. The lowest BCUT2D eigenvalue weighted by Crippen LogP contribution is -1.96. The molecular formula is C46H27N3OS. The summed E-state index contributed by atoms with van der Waals surface area (Å²) in [4.78, 5) is 10.4. The third-order valence-corrected chi connectivity index (χ3v) is 11.3. The van der Waals surface area contributed by atoms with Gasteiger partial charge in [0, 0.05) is 59.4 Å². The second-order valence-electron chi connectivity index (χ2n) is 12.9. The molecule has 51 heavy (non-hydrogen) atoms. The van der Waals surface area contributed by atoms with Crippen LogP contribution in [0.15, 0.2) is 168 Å². The smallest absolute Gasteiger partial charge is 0.160 e. The van der Waals surface area contributed by atoms with E-state index in [1.165, 1.54) is 42.0 Å². The molecule has 11 rings (SSSR count). The van der Waals surface area contributed by atoms with Gasteiger partial charge in [-0.3, -0.25) is 0 Å². The average molecular weight is 670 g/mol. The van der Waals surface area contributed by atoms with Gasteiger partial charge in [0.15, 0.2) is 5.82 Å². The van der Waals surface area contributed by atoms with Crippen LogP contribution in [0.3, 0.4) is 0 Å². The fraction of sp³-hybridized carbons (Fsp3) is 0. The molecule has 4 nitrogen and oxygen atoms in total. The van der Waals surface area contributed by atoms with Gasteiger partial charge in [0.25, 0.3) is 0 Å². The van der Waals surface area contributed by atoms with Crippen LogP contribution < -0.4 is 0 Å². The van der Waals surface area contributed by atoms with E-state index in [4.69, 9.17) is 14.4 Å². The van der Waals surface area contributed by atoms with Crippen LogP contribution in [-0.2, 0) is 0 Å². The first-order valence-corrected chi connectivity index (χ1v) is 17.9. The molecule has 0 N–H and O–H groups in total. The van der Waals surface area contributed by atoms with Gasteiger partial charge in [0.1, 0.15) is 11.2 Å². The second kappa shape index (κ2) is 11.0. The molecular weight excluding hydrogens is 643 g/mol. The Kier molecular flexibility index (Phi) is 6.09. The number of thiophene rings is 1. The lowest BCUT2D eigenvalue weighted by Gasteiger charge is -2.10. The van der Waals surface area contributed by atoms with Crippen molar-refractivity contribution in [1.82, 2.24) is 14.5 Å². The quantitative estimate of drug-likeness (QED) is 0.187. The van der Waals surface area contributed by atoms with Crippen LogP contribution in [0.1, 0.15) is 0 Å². The number of furan rings is 1. The third kappa shape index (κ3) is 4.32. The van der Waals surface area contributed by atoms with Gasteiger partial charge >= 0.3 is 0 Å². The monoisotopic (exact) mass is 669 g/mol. The zero-order chi connectivity index (χ0) is 33.5. The van der Waals surface area contributed by atoms with Crippen molar-refractivity contribution < 1.29 is 4.42 Å². The van der Waals surface area contributed by atoms with E-state index in [0.29, 0.717) is 5.82 Å². The van der Waals surface area contributed by atoms with E-state index in [1.54, 1.807) is 0 Å². The Hall–Kier alpha value is -6.56. The summed E-state index contributed by atoms with van der Waals surface area (Å²) in [5.41, 5.74) is 10.1. The van der Waals surface area contributed by atoms with Crippen LogP contribution in [0.25, 0.3) is 104 Å². The Labute approximate surface area is 296 Å². The van der Waals surface area contributed by atoms with Crippen LogP contribution in [-0.4, -0.2) is 14.5 Å². The maximum Gasteiger partial charge on any atom is 0.160 e. The van der Waals surface area contributed by atoms with Crippen molar-refractivity contribution >= 4 is 75.3 Å². The number of nitrogens with zero attached hydrogens (tertiary/aromatic N) is 3. The highest BCUT2D eigenvalue weighted by Crippen LogP contribution is 2.46. The Morgan fingerprint density at radius 1 is 0.451 bits per heavy atom. The standard InChI is InChI=1S/C46H27N3OS/c1-3-12-28(13-4-1)38-27-39(48-46(47-38)29-22-23-33-32-17-8-10-21-41(32)50-42(33)26-29)37-19-11-18-35-36-25-24-34-31-16-7-9-20-40(31)49(30-14-5-2-6-15-30)43(34)45(36)51-44(35)37/h1-27H. The van der Waals surface area contributed by atoms with Gasteiger partial charge in [-0.15, -0.1) is 11.3 Å². The molecule has 0 saturated heterocycles. The molecule has 0 amide bonds. The minimum atomic E-state index is 0.665. The Bertz CT molecular complexity index is 3140. The number of rotatable bonds is 4. The predicted molar refractivity (Wildman–Crippen MR) is 213 cm³/mol. The molecule has 4 aromatic heterocycles. The average Bonchev–Trinajstić information content (AvgIpc) is 3.88. The highest BCUT2D eigenvalue weighted by atomic mass is 32.1. The minimum absolute atomic E-state index is 0.665. The molecule has 0 spiro atoms. The molecule has 238 valence electrons. The topological polar surface area (TPSA) is 43.9 Å². The Morgan fingerprint density at radius 3 is 2.00 bits per heavy atom. The first-order valence-electron chi connectivity index (χ1n) is 17.1. The van der Waals surface area contributed by atoms with Crippen LogP contribution in [0.4, 0.5) is 0 Å². The largest absolute Gasteiger partial charge is 0.456 e. The molecule has 5 heteroatoms. The number of aromatic nitrogens is 3. The molecule has 0 aliphatic heterocycles. The fourth-order valence-corrected chi connectivity index (χ4v) is 9.05. The summed E-state index contributed by atoms with van der Waals surface area (Å²) in [6.45, 7) is 0. The summed E-state index contributed by atoms with van der Waals surface area (Å²) < 4.78 is 11.2. The van der Waals surface area contributed by atoms with Crippen molar-refractivity contribution in [3.05, 3.63) is 164 Å². The fourth-order valence-electron chi connectivity index (χ4n) is 7.69. The van der Waals surface area contributed by atoms with Gasteiger partial charge in [-0.25, -0.2) is 9.97 Å². The van der Waals surface area contributed by atoms with E-state index < -0.39 is 0 Å². The number of para-hydroxylation sites is 3. The molecule has 0 fully saturated rings. The Balaban J connectivity index is 1.17. The van der Waals surface area contributed by atoms with E-state index >= 15 is 0 Å². The van der Waals surface area contributed by atoms with E-state index in [2.05, 4.69) is 144 Å². The highest BCUT2D eigenvalue weighted by Gasteiger charge is 2.20. The zero-order valence-electron chi connectivity index (χ0n) is 27.2. The van der Waals surface area contributed by atoms with E-state index in [9.17, 15) is 0 Å². The summed E-state index contributed by atoms with van der Waals surface area (Å²) in [6, 6.07) is 57.6. The number of benzene rings is 7. The molecule has 7 aromatic carbocycles. The van der Waals surface area contributed by atoms with Gasteiger partial charge in [-0.05, 0) is 42.5 Å². The summed E-state index contributed by atoms with van der Waals surface area (Å²) in [6.07, 6.45) is 0. The second-order valence-corrected chi connectivity index (χ2v) is 14.0. The third-order valence-electron chi connectivity index (χ3n) is 10.0. The summed E-state index contributed by atoms with van der Waals surface area (Å²) in [7, 11) is 0. The SMILES string of the molecule is c1ccc(-c2cc(-c3cccc4c3sc3c4ccc4c5ccccc5n(-c5ccccc5)c43)nc(-c3ccc4c(c3)oc3ccccc34)n2)cc1. The van der Waals surface area contributed by atoms with E-state index in [0.717, 1.165) is 55.7 Å². The molecule has 0 bridgehead atoms. The van der Waals surface area contributed by atoms with Crippen LogP contribution >= 0.6 is 11.3 Å². The molecule has 0 saturated carbocycles. The zero-order valence-corrected chi connectivity index (χ0v) is 28.1. The first kappa shape index (κ1) is 28.3. The predicted octanol–water partition coefficient (Wildman–Crippen LogP) is 12.8. The van der Waals surface area contributed by atoms with Crippen molar-refractivity contribution in [2.24, 2.45) is 0 Å². The van der Waals surface area contributed by atoms with Gasteiger partial charge in [-0.2, -0.15) is 0 Å². The lowest BCUT2D eigenvalue weighted by atomic mass is 10.0. The molecule has 0 aliphatic carbocycles. The molecule has 0 aliphatic rings. The summed E-state index contributed by atoms with van der Waals surface area (Å²) >= 11 is 1.85. The number of hydrogen-bond donors (Lipinski definition) is 0. The maximum atomic E-state index is 6.28. The normalized spacial score (nSPS) is 11.9. The van der Waals surface area contributed by atoms with Gasteiger partial charge in [-0.1, -0.05) is 121 Å². The van der Waals surface area contributed by atoms with Gasteiger partial charge in [0.05, 0.1) is 27.1 Å². The van der Waals surface area contributed by atoms with Crippen molar-refractivity contribution in [2.75, 3.05) is 0 Å². The number of fused-ring (bicyclic) bond motifs is 10. The van der Waals surface area contributed by atoms with Crippen molar-refractivity contribution in [1.29, 1.82) is 0 Å².